The molecule has 1 atom stereocenters. The number of hydrogen-bond acceptors (Lipinski definition) is 8. The highest BCUT2D eigenvalue weighted by Gasteiger charge is 2.29. The van der Waals surface area contributed by atoms with E-state index in [1.807, 2.05) is 24.1 Å². The van der Waals surface area contributed by atoms with Crippen LogP contribution in [0, 0.1) is 27.7 Å². The molecule has 0 bridgehead atoms. The first-order valence-corrected chi connectivity index (χ1v) is 16.2. The number of amides is 1. The third-order valence-electron chi connectivity index (χ3n) is 7.88. The molecular formula is C30H36N2O6S2. The van der Waals surface area contributed by atoms with Gasteiger partial charge in [-0.05, 0) is 74.4 Å². The predicted molar refractivity (Wildman–Crippen MR) is 154 cm³/mol. The first-order chi connectivity index (χ1) is 19.0. The van der Waals surface area contributed by atoms with Crippen molar-refractivity contribution in [3.05, 3.63) is 79.3 Å². The van der Waals surface area contributed by atoms with Gasteiger partial charge in [-0.25, -0.2) is 4.98 Å². The van der Waals surface area contributed by atoms with Gasteiger partial charge in [0, 0.05) is 30.0 Å². The summed E-state index contributed by atoms with van der Waals surface area (Å²) < 4.78 is 41.2. The summed E-state index contributed by atoms with van der Waals surface area (Å²) in [4.78, 5) is 19.8. The Hall–Kier alpha value is -2.79. The number of hydrogen-bond donors (Lipinski definition) is 0. The summed E-state index contributed by atoms with van der Waals surface area (Å²) in [5, 5.41) is 3.00. The minimum Gasteiger partial charge on any atom is -0.382 e. The van der Waals surface area contributed by atoms with Crippen LogP contribution in [-0.2, 0) is 44.0 Å². The van der Waals surface area contributed by atoms with Crippen LogP contribution in [0.4, 0.5) is 0 Å². The number of likely N-dealkylation sites (tertiary alicyclic amines) is 1. The van der Waals surface area contributed by atoms with E-state index in [9.17, 15) is 13.2 Å². The molecule has 1 fully saturated rings. The van der Waals surface area contributed by atoms with Crippen LogP contribution in [0.3, 0.4) is 0 Å². The molecule has 5 rings (SSSR count). The molecule has 2 aromatic carbocycles. The number of piperidine rings is 1. The van der Waals surface area contributed by atoms with Gasteiger partial charge in [-0.2, -0.15) is 8.42 Å². The molecule has 0 N–H and O–H groups in total. The maximum Gasteiger partial charge on any atom is 0.306 e. The lowest BCUT2D eigenvalue weighted by Crippen LogP contribution is -2.38. The van der Waals surface area contributed by atoms with E-state index in [4.69, 9.17) is 18.6 Å². The van der Waals surface area contributed by atoms with E-state index in [-0.39, 0.29) is 30.8 Å². The van der Waals surface area contributed by atoms with Crippen molar-refractivity contribution < 1.29 is 26.9 Å². The zero-order chi connectivity index (χ0) is 28.6. The fraction of sp³-hybridized carbons (Fsp3) is 0.467. The van der Waals surface area contributed by atoms with Gasteiger partial charge in [0.15, 0.2) is 0 Å². The second-order valence-corrected chi connectivity index (χ2v) is 13.4. The highest BCUT2D eigenvalue weighted by molar-refractivity contribution is 7.86. The lowest BCUT2D eigenvalue weighted by atomic mass is 9.96. The lowest BCUT2D eigenvalue weighted by Gasteiger charge is -2.31. The first-order valence-electron chi connectivity index (χ1n) is 13.5. The van der Waals surface area contributed by atoms with Gasteiger partial charge in [0.1, 0.15) is 11.4 Å². The summed E-state index contributed by atoms with van der Waals surface area (Å²) in [6.45, 7) is 9.87. The second-order valence-electron chi connectivity index (χ2n) is 10.9. The van der Waals surface area contributed by atoms with Crippen LogP contribution in [0.15, 0.2) is 29.6 Å². The Morgan fingerprint density at radius 2 is 1.75 bits per heavy atom. The molecule has 3 aromatic rings. The van der Waals surface area contributed by atoms with E-state index in [2.05, 4.69) is 32.0 Å². The number of aromatic nitrogens is 1. The average Bonchev–Trinajstić information content (AvgIpc) is 3.28. The van der Waals surface area contributed by atoms with Gasteiger partial charge in [0.25, 0.3) is 0 Å². The van der Waals surface area contributed by atoms with Crippen LogP contribution in [-0.4, -0.2) is 43.6 Å². The van der Waals surface area contributed by atoms with Gasteiger partial charge in [-0.3, -0.25) is 4.79 Å². The maximum absolute atomic E-state index is 13.0. The molecule has 2 aliphatic heterocycles. The van der Waals surface area contributed by atoms with Gasteiger partial charge in [-0.15, -0.1) is 11.3 Å². The largest absolute Gasteiger partial charge is 0.382 e. The smallest absolute Gasteiger partial charge is 0.306 e. The van der Waals surface area contributed by atoms with Gasteiger partial charge in [0.05, 0.1) is 30.9 Å². The van der Waals surface area contributed by atoms with Crippen molar-refractivity contribution in [1.82, 2.24) is 9.88 Å². The standard InChI is InChI=1S/C30H36N2O6S2/c1-18-6-7-19(2)23(12-18)14-28(33)32-10-8-22(9-11-32)29-31-26(17-39-29)30-36-15-24-21(4)20(3)13-27(25(24)16-37-30)38-40(5,34)35/h6-7,12-13,17,22,30H,8-11,14-16H2,1-5H3. The van der Waals surface area contributed by atoms with Crippen LogP contribution in [0.2, 0.25) is 0 Å². The van der Waals surface area contributed by atoms with E-state index in [0.29, 0.717) is 17.7 Å². The second kappa shape index (κ2) is 11.6. The van der Waals surface area contributed by atoms with Crippen LogP contribution in [0.25, 0.3) is 0 Å². The lowest BCUT2D eigenvalue weighted by molar-refractivity contribution is -0.155. The number of ether oxygens (including phenoxy) is 2. The van der Waals surface area contributed by atoms with Crippen LogP contribution >= 0.6 is 11.3 Å². The number of nitrogens with zero attached hydrogens (tertiary/aromatic N) is 2. The van der Waals surface area contributed by atoms with Crippen molar-refractivity contribution in [2.24, 2.45) is 0 Å². The van der Waals surface area contributed by atoms with E-state index >= 15 is 0 Å². The van der Waals surface area contributed by atoms with E-state index in [1.54, 1.807) is 17.4 Å². The van der Waals surface area contributed by atoms with Crippen molar-refractivity contribution in [3.63, 3.8) is 0 Å². The monoisotopic (exact) mass is 584 g/mol. The molecule has 1 unspecified atom stereocenters. The van der Waals surface area contributed by atoms with E-state index < -0.39 is 16.4 Å². The Balaban J connectivity index is 1.22. The summed E-state index contributed by atoms with van der Waals surface area (Å²) in [5.41, 5.74) is 7.65. The quantitative estimate of drug-likeness (QED) is 0.358. The zero-order valence-corrected chi connectivity index (χ0v) is 25.3. The first kappa shape index (κ1) is 28.7. The van der Waals surface area contributed by atoms with Gasteiger partial charge in [-0.1, -0.05) is 23.8 Å². The Kier molecular flexibility index (Phi) is 8.33. The zero-order valence-electron chi connectivity index (χ0n) is 23.7. The Labute approximate surface area is 240 Å². The highest BCUT2D eigenvalue weighted by Crippen LogP contribution is 2.38. The molecule has 0 aliphatic carbocycles. The summed E-state index contributed by atoms with van der Waals surface area (Å²) >= 11 is 1.59. The van der Waals surface area contributed by atoms with Gasteiger partial charge >= 0.3 is 10.1 Å². The van der Waals surface area contributed by atoms with Crippen molar-refractivity contribution >= 4 is 27.4 Å². The SMILES string of the molecule is Cc1ccc(C)c(CC(=O)N2CCC(c3nc(C4OCc5c(OS(C)(=O)=O)cc(C)c(C)c5CO4)cs3)CC2)c1. The molecule has 3 heterocycles. The number of benzene rings is 2. The molecule has 40 heavy (non-hydrogen) atoms. The van der Waals surface area contributed by atoms with Gasteiger partial charge in [0.2, 0.25) is 12.2 Å². The number of carbonyl (C=O) groups is 1. The van der Waals surface area contributed by atoms with Crippen molar-refractivity contribution in [3.8, 4) is 5.75 Å². The summed E-state index contributed by atoms with van der Waals surface area (Å²) in [7, 11) is -3.69. The molecule has 2 aliphatic rings. The Bertz CT molecular complexity index is 1520. The molecule has 8 nitrogen and oxygen atoms in total. The van der Waals surface area contributed by atoms with Crippen molar-refractivity contribution in [2.75, 3.05) is 19.3 Å². The number of rotatable bonds is 6. The number of aryl methyl sites for hydroxylation is 3. The summed E-state index contributed by atoms with van der Waals surface area (Å²) in [6.07, 6.45) is 2.55. The fourth-order valence-electron chi connectivity index (χ4n) is 5.37. The minimum atomic E-state index is -3.69. The fourth-order valence-corrected chi connectivity index (χ4v) is 6.84. The van der Waals surface area contributed by atoms with Crippen molar-refractivity contribution in [1.29, 1.82) is 0 Å². The van der Waals surface area contributed by atoms with E-state index in [0.717, 1.165) is 65.0 Å². The number of thiazole rings is 1. The Morgan fingerprint density at radius 1 is 1.05 bits per heavy atom. The highest BCUT2D eigenvalue weighted by atomic mass is 32.2. The molecule has 0 saturated carbocycles. The van der Waals surface area contributed by atoms with E-state index in [1.165, 1.54) is 5.56 Å². The number of carbonyl (C=O) groups excluding carboxylic acids is 1. The third-order valence-corrected chi connectivity index (χ3v) is 9.38. The molecular weight excluding hydrogens is 548 g/mol. The molecule has 1 aromatic heterocycles. The molecule has 1 amide bonds. The summed E-state index contributed by atoms with van der Waals surface area (Å²) in [6, 6.07) is 8.00. The van der Waals surface area contributed by atoms with Crippen LogP contribution < -0.4 is 4.18 Å². The van der Waals surface area contributed by atoms with Crippen LogP contribution in [0.5, 0.6) is 5.75 Å². The number of fused-ring (bicyclic) bond motifs is 1. The molecule has 10 heteroatoms. The molecule has 0 spiro atoms. The normalized spacial score (nSPS) is 18.3. The maximum atomic E-state index is 13.0. The molecule has 214 valence electrons. The third kappa shape index (κ3) is 6.40. The predicted octanol–water partition coefficient (Wildman–Crippen LogP) is 5.41. The average molecular weight is 585 g/mol. The molecule has 1 saturated heterocycles. The minimum absolute atomic E-state index is 0.153. The topological polar surface area (TPSA) is 95.0 Å². The molecule has 0 radical (unpaired) electrons. The van der Waals surface area contributed by atoms with Crippen molar-refractivity contribution in [2.45, 2.75) is 72.4 Å². The summed E-state index contributed by atoms with van der Waals surface area (Å²) in [5.74, 6) is 0.741. The van der Waals surface area contributed by atoms with Gasteiger partial charge < -0.3 is 18.6 Å². The Morgan fingerprint density at radius 3 is 2.45 bits per heavy atom. The van der Waals surface area contributed by atoms with Crippen LogP contribution in [0.1, 0.15) is 74.7 Å².